The van der Waals surface area contributed by atoms with Crippen LogP contribution in [-0.4, -0.2) is 61.7 Å². The molecule has 9 heteroatoms. The number of halogens is 1. The molecule has 22 heavy (non-hydrogen) atoms. The van der Waals surface area contributed by atoms with E-state index in [9.17, 15) is 4.79 Å². The van der Waals surface area contributed by atoms with E-state index in [-0.39, 0.29) is 5.28 Å². The smallest absolute Gasteiger partial charge is 0.281 e. The zero-order chi connectivity index (χ0) is 15.5. The van der Waals surface area contributed by atoms with Gasteiger partial charge in [0.15, 0.2) is 5.82 Å². The molecule has 1 saturated heterocycles. The Morgan fingerprint density at radius 2 is 2.27 bits per heavy atom. The van der Waals surface area contributed by atoms with Gasteiger partial charge in [0, 0.05) is 24.5 Å². The quantitative estimate of drug-likeness (QED) is 0.463. The number of fused-ring (bicyclic) bond motifs is 1. The minimum Gasteiger partial charge on any atom is -0.378 e. The van der Waals surface area contributed by atoms with E-state index in [1.165, 1.54) is 0 Å². The van der Waals surface area contributed by atoms with Gasteiger partial charge in [0.25, 0.3) is 7.41 Å². The highest BCUT2D eigenvalue weighted by molar-refractivity contribution is 7.19. The van der Waals surface area contributed by atoms with E-state index in [1.807, 2.05) is 17.9 Å². The molecular weight excluding hydrogens is 323 g/mol. The van der Waals surface area contributed by atoms with Crippen LogP contribution in [0.5, 0.6) is 0 Å². The minimum absolute atomic E-state index is 0.264. The van der Waals surface area contributed by atoms with E-state index in [4.69, 9.17) is 16.3 Å². The highest BCUT2D eigenvalue weighted by Crippen LogP contribution is 2.33. The monoisotopic (exact) mass is 338 g/mol. The maximum Gasteiger partial charge on any atom is 0.281 e. The highest BCUT2D eigenvalue weighted by Gasteiger charge is 2.19. The zero-order valence-electron chi connectivity index (χ0n) is 12.3. The van der Waals surface area contributed by atoms with Crippen molar-refractivity contribution in [3.8, 4) is 0 Å². The van der Waals surface area contributed by atoms with Crippen molar-refractivity contribution in [2.24, 2.45) is 0 Å². The third-order valence-electron chi connectivity index (χ3n) is 3.50. The van der Waals surface area contributed by atoms with Crippen LogP contribution < -0.4 is 4.90 Å². The first-order valence-electron chi connectivity index (χ1n) is 7.08. The van der Waals surface area contributed by atoms with Crippen LogP contribution in [0.1, 0.15) is 4.88 Å². The summed E-state index contributed by atoms with van der Waals surface area (Å²) in [5.74, 6) is 0.882. The van der Waals surface area contributed by atoms with Crippen LogP contribution in [0.25, 0.3) is 10.2 Å². The normalized spacial score (nSPS) is 15.5. The predicted octanol–water partition coefficient (Wildman–Crippen LogP) is 1.15. The second-order valence-corrected chi connectivity index (χ2v) is 6.68. The van der Waals surface area contributed by atoms with Crippen molar-refractivity contribution in [2.45, 2.75) is 6.54 Å². The summed E-state index contributed by atoms with van der Waals surface area (Å²) in [6.07, 6.45) is 0.906. The van der Waals surface area contributed by atoms with Crippen molar-refractivity contribution in [3.63, 3.8) is 0 Å². The van der Waals surface area contributed by atoms with Gasteiger partial charge in [0.1, 0.15) is 0 Å². The second-order valence-electron chi connectivity index (χ2n) is 5.21. The van der Waals surface area contributed by atoms with E-state index in [2.05, 4.69) is 14.9 Å². The van der Waals surface area contributed by atoms with Gasteiger partial charge in [-0.05, 0) is 24.7 Å². The van der Waals surface area contributed by atoms with Gasteiger partial charge in [0.05, 0.1) is 29.6 Å². The Hall–Kier alpha value is -1.22. The number of morpholine rings is 1. The topological polar surface area (TPSA) is 58.6 Å². The Labute approximate surface area is 138 Å². The second kappa shape index (κ2) is 6.91. The molecule has 1 fully saturated rings. The van der Waals surface area contributed by atoms with Gasteiger partial charge in [-0.1, -0.05) is 0 Å². The van der Waals surface area contributed by atoms with Crippen molar-refractivity contribution < 1.29 is 9.53 Å². The summed E-state index contributed by atoms with van der Waals surface area (Å²) in [5.41, 5.74) is 0.862. The number of hydrogen-bond acceptors (Lipinski definition) is 7. The molecule has 2 aromatic rings. The van der Waals surface area contributed by atoms with Gasteiger partial charge in [-0.3, -0.25) is 0 Å². The lowest BCUT2D eigenvalue weighted by Crippen LogP contribution is -2.36. The SMILES string of the molecule is CN(BC=O)Cc1cc2nc(Cl)nc(N3CCOCC3)c2s1. The van der Waals surface area contributed by atoms with E-state index in [1.54, 1.807) is 11.3 Å². The molecule has 3 heterocycles. The van der Waals surface area contributed by atoms with Crippen molar-refractivity contribution in [1.82, 2.24) is 14.8 Å². The zero-order valence-corrected chi connectivity index (χ0v) is 13.9. The van der Waals surface area contributed by atoms with Gasteiger partial charge in [0.2, 0.25) is 5.28 Å². The lowest BCUT2D eigenvalue weighted by Gasteiger charge is -2.28. The van der Waals surface area contributed by atoms with Crippen LogP contribution in [-0.2, 0) is 16.1 Å². The maximum atomic E-state index is 10.6. The van der Waals surface area contributed by atoms with Crippen LogP contribution in [0.15, 0.2) is 6.07 Å². The molecule has 3 rings (SSSR count). The van der Waals surface area contributed by atoms with Crippen molar-refractivity contribution in [1.29, 1.82) is 0 Å². The first kappa shape index (κ1) is 15.7. The number of carbonyl (C=O) groups excluding carboxylic acids is 1. The fraction of sp³-hybridized carbons (Fsp3) is 0.462. The predicted molar refractivity (Wildman–Crippen MR) is 90.8 cm³/mol. The average Bonchev–Trinajstić information content (AvgIpc) is 2.89. The summed E-state index contributed by atoms with van der Waals surface area (Å²) >= 11 is 7.73. The molecule has 0 aliphatic carbocycles. The van der Waals surface area contributed by atoms with Crippen LogP contribution in [0.4, 0.5) is 5.82 Å². The van der Waals surface area contributed by atoms with Crippen LogP contribution in [0, 0.1) is 0 Å². The number of hydrogen-bond donors (Lipinski definition) is 0. The van der Waals surface area contributed by atoms with Gasteiger partial charge >= 0.3 is 0 Å². The van der Waals surface area contributed by atoms with E-state index < -0.39 is 0 Å². The molecule has 0 saturated carbocycles. The molecule has 116 valence electrons. The Morgan fingerprint density at radius 1 is 1.50 bits per heavy atom. The lowest BCUT2D eigenvalue weighted by molar-refractivity contribution is 0.122. The molecule has 0 aromatic carbocycles. The van der Waals surface area contributed by atoms with Crippen LogP contribution >= 0.6 is 22.9 Å². The number of rotatable bonds is 5. The molecular formula is C13H16BClN4O2S. The summed E-state index contributed by atoms with van der Waals surface area (Å²) < 4.78 is 6.44. The number of carbonyl (C=O) groups is 1. The molecule has 0 atom stereocenters. The fourth-order valence-corrected chi connectivity index (χ4v) is 3.83. The first-order valence-corrected chi connectivity index (χ1v) is 8.27. The molecule has 2 aromatic heterocycles. The third kappa shape index (κ3) is 3.40. The number of nitrogens with zero attached hydrogens (tertiary/aromatic N) is 4. The molecule has 1 aliphatic rings. The third-order valence-corrected chi connectivity index (χ3v) is 4.77. The average molecular weight is 339 g/mol. The summed E-state index contributed by atoms with van der Waals surface area (Å²) in [6, 6.07) is 2.03. The van der Waals surface area contributed by atoms with Crippen molar-refractivity contribution >= 4 is 52.6 Å². The number of thiophene rings is 1. The Kier molecular flexibility index (Phi) is 4.92. The highest BCUT2D eigenvalue weighted by atomic mass is 35.5. The largest absolute Gasteiger partial charge is 0.378 e. The van der Waals surface area contributed by atoms with Gasteiger partial charge in [-0.25, -0.2) is 4.98 Å². The van der Waals surface area contributed by atoms with E-state index in [0.717, 1.165) is 40.2 Å². The Balaban J connectivity index is 1.94. The molecule has 1 aliphatic heterocycles. The van der Waals surface area contributed by atoms with Crippen molar-refractivity contribution in [3.05, 3.63) is 16.2 Å². The van der Waals surface area contributed by atoms with Crippen LogP contribution in [0.2, 0.25) is 5.28 Å². The fourth-order valence-electron chi connectivity index (χ4n) is 2.46. The molecule has 0 amide bonds. The summed E-state index contributed by atoms with van der Waals surface area (Å²) in [6.45, 7) is 3.72. The lowest BCUT2D eigenvalue weighted by atomic mass is 9.96. The Morgan fingerprint density at radius 3 is 3.00 bits per heavy atom. The first-order chi connectivity index (χ1) is 10.7. The van der Waals surface area contributed by atoms with E-state index in [0.29, 0.717) is 27.2 Å². The van der Waals surface area contributed by atoms with Gasteiger partial charge in [-0.15, -0.1) is 11.3 Å². The minimum atomic E-state index is 0.264. The Bertz CT molecular complexity index is 677. The molecule has 0 spiro atoms. The van der Waals surface area contributed by atoms with Crippen LogP contribution in [0.3, 0.4) is 0 Å². The number of anilines is 1. The summed E-state index contributed by atoms with van der Waals surface area (Å²) in [4.78, 5) is 24.6. The molecule has 0 N–H and O–H groups in total. The summed E-state index contributed by atoms with van der Waals surface area (Å²) in [5, 5.41) is 0.264. The maximum absolute atomic E-state index is 10.6. The molecule has 6 nitrogen and oxygen atoms in total. The van der Waals surface area contributed by atoms with Gasteiger partial charge in [-0.2, -0.15) is 4.98 Å². The van der Waals surface area contributed by atoms with Gasteiger partial charge < -0.3 is 19.2 Å². The van der Waals surface area contributed by atoms with Crippen molar-refractivity contribution in [2.75, 3.05) is 38.3 Å². The molecule has 0 unspecified atom stereocenters. The molecule has 0 bridgehead atoms. The summed E-state index contributed by atoms with van der Waals surface area (Å²) in [7, 11) is 2.33. The van der Waals surface area contributed by atoms with E-state index >= 15 is 0 Å². The number of aromatic nitrogens is 2. The number of ether oxygens (including phenoxy) is 1. The molecule has 0 radical (unpaired) electrons. The standard InChI is InChI=1S/C13H16BClN4O2S/c1-18(14-8-20)7-9-6-10-11(22-9)12(17-13(15)16-10)19-2-4-21-5-3-19/h6,8,14H,2-5,7H2,1H3.